The number of rotatable bonds is 3. The van der Waals surface area contributed by atoms with Gasteiger partial charge >= 0.3 is 5.97 Å². The Morgan fingerprint density at radius 2 is 1.68 bits per heavy atom. The van der Waals surface area contributed by atoms with Crippen molar-refractivity contribution in [3.63, 3.8) is 0 Å². The van der Waals surface area contributed by atoms with E-state index < -0.39 is 0 Å². The van der Waals surface area contributed by atoms with E-state index in [1.807, 2.05) is 37.3 Å². The van der Waals surface area contributed by atoms with Gasteiger partial charge in [-0.15, -0.1) is 0 Å². The van der Waals surface area contributed by atoms with Gasteiger partial charge in [0.2, 0.25) is 0 Å². The predicted octanol–water partition coefficient (Wildman–Crippen LogP) is 6.17. The van der Waals surface area contributed by atoms with Crippen molar-refractivity contribution in [2.45, 2.75) is 77.1 Å². The second kappa shape index (κ2) is 7.93. The van der Waals surface area contributed by atoms with Crippen LogP contribution in [0.3, 0.4) is 0 Å². The highest BCUT2D eigenvalue weighted by molar-refractivity contribution is 8.00. The molecule has 1 saturated heterocycles. The molecular weight excluding hydrogens is 404 g/mol. The van der Waals surface area contributed by atoms with Gasteiger partial charge in [-0.1, -0.05) is 32.0 Å². The van der Waals surface area contributed by atoms with Crippen LogP contribution in [0.1, 0.15) is 76.1 Å². The van der Waals surface area contributed by atoms with Gasteiger partial charge in [0.1, 0.15) is 11.9 Å². The van der Waals surface area contributed by atoms with Gasteiger partial charge in [0, 0.05) is 11.2 Å². The number of fused-ring (bicyclic) bond motifs is 5. The van der Waals surface area contributed by atoms with Crippen molar-refractivity contribution >= 4 is 23.5 Å². The lowest BCUT2D eigenvalue weighted by atomic mass is 9.50. The molecule has 1 aromatic carbocycles. The standard InChI is InChI=1S/C27H36O3S/c1-17(28)21-9-10-22-20-16-31-24-15-19(30-25(29)18-7-5-4-6-8-18)11-13-27(24,3)23(20)12-14-26(21,22)2/h4-8,19-24H,9-16H2,1-3H3/t19-,20+,21-,22+,23+,24+,26-,27-/m1/s1. The molecular formula is C27H36O3S. The fraction of sp³-hybridized carbons (Fsp3) is 0.704. The Labute approximate surface area is 191 Å². The second-order valence-electron chi connectivity index (χ2n) is 11.2. The first-order chi connectivity index (χ1) is 14.8. The lowest BCUT2D eigenvalue weighted by Crippen LogP contribution is -2.56. The van der Waals surface area contributed by atoms with Crippen LogP contribution >= 0.6 is 11.8 Å². The fourth-order valence-corrected chi connectivity index (χ4v) is 10.0. The number of Topliss-reactive ketones (excluding diaryl/α,β-unsaturated/α-hetero) is 1. The zero-order chi connectivity index (χ0) is 21.8. The summed E-state index contributed by atoms with van der Waals surface area (Å²) in [6, 6.07) is 9.38. The first-order valence-corrected chi connectivity index (χ1v) is 13.3. The van der Waals surface area contributed by atoms with Crippen molar-refractivity contribution in [2.75, 3.05) is 5.75 Å². The molecule has 1 aliphatic heterocycles. The van der Waals surface area contributed by atoms with Crippen molar-refractivity contribution in [3.05, 3.63) is 35.9 Å². The van der Waals surface area contributed by atoms with Crippen molar-refractivity contribution < 1.29 is 14.3 Å². The van der Waals surface area contributed by atoms with Crippen molar-refractivity contribution in [1.29, 1.82) is 0 Å². The van der Waals surface area contributed by atoms with Crippen molar-refractivity contribution in [2.24, 2.45) is 34.5 Å². The molecule has 3 saturated carbocycles. The van der Waals surface area contributed by atoms with Crippen LogP contribution in [0, 0.1) is 34.5 Å². The van der Waals surface area contributed by atoms with Crippen LogP contribution in [0.25, 0.3) is 0 Å². The highest BCUT2D eigenvalue weighted by Gasteiger charge is 2.61. The lowest BCUT2D eigenvalue weighted by molar-refractivity contribution is -0.127. The molecule has 1 aromatic rings. The molecule has 0 radical (unpaired) electrons. The molecule has 0 N–H and O–H groups in total. The van der Waals surface area contributed by atoms with Crippen LogP contribution < -0.4 is 0 Å². The molecule has 31 heavy (non-hydrogen) atoms. The summed E-state index contributed by atoms with van der Waals surface area (Å²) in [5, 5.41) is 0.574. The first kappa shape index (κ1) is 21.6. The summed E-state index contributed by atoms with van der Waals surface area (Å²) < 4.78 is 5.94. The Balaban J connectivity index is 1.28. The minimum absolute atomic E-state index is 0.0391. The van der Waals surface area contributed by atoms with Crippen LogP contribution in [0.2, 0.25) is 0 Å². The smallest absolute Gasteiger partial charge is 0.338 e. The molecule has 0 unspecified atom stereocenters. The zero-order valence-electron chi connectivity index (χ0n) is 19.1. The molecule has 0 amide bonds. The van der Waals surface area contributed by atoms with Gasteiger partial charge in [0.15, 0.2) is 0 Å². The summed E-state index contributed by atoms with van der Waals surface area (Å²) in [5.74, 6) is 3.95. The normalized spacial score (nSPS) is 44.0. The van der Waals surface area contributed by atoms with E-state index in [1.165, 1.54) is 25.0 Å². The van der Waals surface area contributed by atoms with E-state index in [-0.39, 0.29) is 23.4 Å². The van der Waals surface area contributed by atoms with Crippen LogP contribution in [0.15, 0.2) is 30.3 Å². The van der Waals surface area contributed by atoms with Gasteiger partial charge in [-0.2, -0.15) is 11.8 Å². The summed E-state index contributed by atoms with van der Waals surface area (Å²) >= 11 is 2.14. The number of hydrogen-bond acceptors (Lipinski definition) is 4. The highest BCUT2D eigenvalue weighted by atomic mass is 32.2. The Morgan fingerprint density at radius 3 is 2.42 bits per heavy atom. The monoisotopic (exact) mass is 440 g/mol. The number of carbonyl (C=O) groups is 2. The Bertz CT molecular complexity index is 853. The third kappa shape index (κ3) is 3.48. The number of ether oxygens (including phenoxy) is 1. The molecule has 4 aliphatic rings. The minimum atomic E-state index is -0.178. The molecule has 0 spiro atoms. The van der Waals surface area contributed by atoms with Gasteiger partial charge in [0.25, 0.3) is 0 Å². The van der Waals surface area contributed by atoms with Gasteiger partial charge in [-0.3, -0.25) is 4.79 Å². The number of thioether (sulfide) groups is 1. The van der Waals surface area contributed by atoms with Gasteiger partial charge in [-0.25, -0.2) is 4.79 Å². The molecule has 3 nitrogen and oxygen atoms in total. The molecule has 4 fully saturated rings. The maximum atomic E-state index is 12.6. The predicted molar refractivity (Wildman–Crippen MR) is 125 cm³/mol. The Hall–Kier alpha value is -1.29. The molecule has 4 heteroatoms. The summed E-state index contributed by atoms with van der Waals surface area (Å²) in [4.78, 5) is 24.9. The fourth-order valence-electron chi connectivity index (χ4n) is 8.08. The topological polar surface area (TPSA) is 43.4 Å². The van der Waals surface area contributed by atoms with Crippen LogP contribution in [-0.2, 0) is 9.53 Å². The zero-order valence-corrected chi connectivity index (χ0v) is 20.0. The maximum Gasteiger partial charge on any atom is 0.338 e. The number of hydrogen-bond donors (Lipinski definition) is 0. The second-order valence-corrected chi connectivity index (χ2v) is 12.4. The third-order valence-electron chi connectivity index (χ3n) is 9.77. The third-order valence-corrected chi connectivity index (χ3v) is 11.5. The summed E-state index contributed by atoms with van der Waals surface area (Å²) in [7, 11) is 0. The van der Waals surface area contributed by atoms with E-state index in [2.05, 4.69) is 25.6 Å². The summed E-state index contributed by atoms with van der Waals surface area (Å²) in [6.07, 6.45) is 7.97. The minimum Gasteiger partial charge on any atom is -0.459 e. The van der Waals surface area contributed by atoms with E-state index in [4.69, 9.17) is 4.74 Å². The molecule has 0 bridgehead atoms. The van der Waals surface area contributed by atoms with Gasteiger partial charge in [-0.05, 0) is 98.3 Å². The van der Waals surface area contributed by atoms with E-state index in [9.17, 15) is 9.59 Å². The van der Waals surface area contributed by atoms with E-state index >= 15 is 0 Å². The molecule has 1 heterocycles. The van der Waals surface area contributed by atoms with Gasteiger partial charge < -0.3 is 4.74 Å². The SMILES string of the molecule is CC(=O)[C@H]1CC[C@H]2[C@@H]3CS[C@H]4C[C@H](OC(=O)c5ccccc5)CC[C@]4(C)[C@H]3CC[C@]12C. The molecule has 3 aliphatic carbocycles. The molecule has 168 valence electrons. The highest BCUT2D eigenvalue weighted by Crippen LogP contribution is 2.67. The van der Waals surface area contributed by atoms with Crippen LogP contribution in [0.4, 0.5) is 0 Å². The maximum absolute atomic E-state index is 12.6. The molecule has 5 rings (SSSR count). The molecule has 8 atom stereocenters. The van der Waals surface area contributed by atoms with Crippen LogP contribution in [0.5, 0.6) is 0 Å². The number of benzene rings is 1. The van der Waals surface area contributed by atoms with Crippen molar-refractivity contribution in [3.8, 4) is 0 Å². The Morgan fingerprint density at radius 1 is 0.968 bits per heavy atom. The Kier molecular flexibility index (Phi) is 5.52. The molecule has 0 aromatic heterocycles. The number of ketones is 1. The largest absolute Gasteiger partial charge is 0.459 e. The van der Waals surface area contributed by atoms with E-state index in [1.54, 1.807) is 0 Å². The summed E-state index contributed by atoms with van der Waals surface area (Å²) in [5.41, 5.74) is 1.21. The van der Waals surface area contributed by atoms with E-state index in [0.717, 1.165) is 37.5 Å². The first-order valence-electron chi connectivity index (χ1n) is 12.2. The lowest BCUT2D eigenvalue weighted by Gasteiger charge is -2.60. The number of esters is 1. The van der Waals surface area contributed by atoms with E-state index in [0.29, 0.717) is 27.9 Å². The average Bonchev–Trinajstić information content (AvgIpc) is 3.12. The number of carbonyl (C=O) groups excluding carboxylic acids is 2. The van der Waals surface area contributed by atoms with Gasteiger partial charge in [0.05, 0.1) is 5.56 Å². The van der Waals surface area contributed by atoms with Crippen LogP contribution in [-0.4, -0.2) is 28.9 Å². The van der Waals surface area contributed by atoms with Crippen molar-refractivity contribution in [1.82, 2.24) is 0 Å². The summed E-state index contributed by atoms with van der Waals surface area (Å²) in [6.45, 7) is 6.76. The average molecular weight is 441 g/mol. The quantitative estimate of drug-likeness (QED) is 0.528.